The third-order valence-corrected chi connectivity index (χ3v) is 5.45. The van der Waals surface area contributed by atoms with E-state index in [0.29, 0.717) is 12.4 Å². The van der Waals surface area contributed by atoms with Crippen molar-refractivity contribution < 1.29 is 14.6 Å². The molecule has 7 heteroatoms. The van der Waals surface area contributed by atoms with Crippen LogP contribution in [0, 0.1) is 0 Å². The van der Waals surface area contributed by atoms with Crippen molar-refractivity contribution in [1.29, 1.82) is 0 Å². The van der Waals surface area contributed by atoms with Gasteiger partial charge in [-0.1, -0.05) is 30.3 Å². The molecule has 1 aromatic heterocycles. The molecule has 4 rings (SSSR count). The lowest BCUT2D eigenvalue weighted by atomic mass is 10.0. The number of aliphatic hydroxyl groups excluding tert-OH is 1. The Kier molecular flexibility index (Phi) is 6.96. The molecule has 1 aliphatic rings. The Morgan fingerprint density at radius 1 is 1.00 bits per heavy atom. The fourth-order valence-corrected chi connectivity index (χ4v) is 3.83. The molecule has 0 aliphatic carbocycles. The maximum absolute atomic E-state index is 10.3. The quantitative estimate of drug-likeness (QED) is 0.601. The van der Waals surface area contributed by atoms with Gasteiger partial charge in [-0.05, 0) is 23.8 Å². The van der Waals surface area contributed by atoms with Gasteiger partial charge in [0.2, 0.25) is 5.88 Å². The van der Waals surface area contributed by atoms with Gasteiger partial charge in [-0.3, -0.25) is 9.88 Å². The van der Waals surface area contributed by atoms with Crippen LogP contribution in [-0.2, 0) is 0 Å². The highest BCUT2D eigenvalue weighted by atomic mass is 16.5. The van der Waals surface area contributed by atoms with Gasteiger partial charge in [0.15, 0.2) is 0 Å². The Hall–Kier alpha value is -3.16. The van der Waals surface area contributed by atoms with E-state index in [0.717, 1.165) is 31.9 Å². The highest BCUT2D eigenvalue weighted by Gasteiger charge is 2.21. The van der Waals surface area contributed by atoms with Gasteiger partial charge in [-0.25, -0.2) is 4.98 Å². The molecular weight excluding hydrogens is 392 g/mol. The molecule has 1 aliphatic heterocycles. The predicted octanol–water partition coefficient (Wildman–Crippen LogP) is 2.71. The molecule has 2 heterocycles. The first-order valence-corrected chi connectivity index (χ1v) is 10.5. The van der Waals surface area contributed by atoms with Crippen molar-refractivity contribution in [2.75, 3.05) is 51.3 Å². The summed E-state index contributed by atoms with van der Waals surface area (Å²) in [6.07, 6.45) is 4.15. The van der Waals surface area contributed by atoms with Crippen molar-refractivity contribution in [3.63, 3.8) is 0 Å². The summed E-state index contributed by atoms with van der Waals surface area (Å²) in [5.41, 5.74) is 3.63. The van der Waals surface area contributed by atoms with Gasteiger partial charge < -0.3 is 19.5 Å². The predicted molar refractivity (Wildman–Crippen MR) is 121 cm³/mol. The fourth-order valence-electron chi connectivity index (χ4n) is 3.83. The van der Waals surface area contributed by atoms with Crippen molar-refractivity contribution in [1.82, 2.24) is 14.9 Å². The molecule has 1 fully saturated rings. The summed E-state index contributed by atoms with van der Waals surface area (Å²) < 4.78 is 10.8. The van der Waals surface area contributed by atoms with Crippen molar-refractivity contribution in [2.45, 2.75) is 6.10 Å². The number of methoxy groups -OCH3 is 1. The minimum atomic E-state index is -0.569. The molecule has 162 valence electrons. The molecule has 0 bridgehead atoms. The summed E-state index contributed by atoms with van der Waals surface area (Å²) in [5, 5.41) is 10.3. The van der Waals surface area contributed by atoms with Crippen LogP contribution in [0.5, 0.6) is 11.6 Å². The third-order valence-electron chi connectivity index (χ3n) is 5.45. The first-order chi connectivity index (χ1) is 15.2. The van der Waals surface area contributed by atoms with Crippen molar-refractivity contribution >= 4 is 5.69 Å². The number of hydrogen-bond donors (Lipinski definition) is 1. The van der Waals surface area contributed by atoms with Crippen LogP contribution < -0.4 is 14.4 Å². The van der Waals surface area contributed by atoms with E-state index >= 15 is 0 Å². The maximum atomic E-state index is 10.3. The second-order valence-electron chi connectivity index (χ2n) is 7.54. The van der Waals surface area contributed by atoms with Gasteiger partial charge in [-0.2, -0.15) is 0 Å². The molecule has 1 atom stereocenters. The number of para-hydroxylation sites is 1. The van der Waals surface area contributed by atoms with E-state index in [9.17, 15) is 5.11 Å². The Morgan fingerprint density at radius 3 is 2.48 bits per heavy atom. The van der Waals surface area contributed by atoms with Gasteiger partial charge in [0.05, 0.1) is 13.3 Å². The highest BCUT2D eigenvalue weighted by Crippen LogP contribution is 2.32. The van der Waals surface area contributed by atoms with Crippen LogP contribution in [0.15, 0.2) is 67.1 Å². The number of hydrogen-bond acceptors (Lipinski definition) is 7. The molecule has 1 N–H and O–H groups in total. The molecule has 0 spiro atoms. The molecule has 0 radical (unpaired) electrons. The number of piperazine rings is 1. The van der Waals surface area contributed by atoms with Crippen molar-refractivity contribution in [3.05, 3.63) is 67.1 Å². The van der Waals surface area contributed by atoms with Crippen molar-refractivity contribution in [2.24, 2.45) is 0 Å². The van der Waals surface area contributed by atoms with E-state index in [1.54, 1.807) is 25.7 Å². The number of rotatable bonds is 8. The normalized spacial score (nSPS) is 15.5. The number of aromatic nitrogens is 2. The first-order valence-electron chi connectivity index (χ1n) is 10.5. The van der Waals surface area contributed by atoms with E-state index in [1.165, 1.54) is 16.8 Å². The van der Waals surface area contributed by atoms with Crippen LogP contribution in [0.3, 0.4) is 0 Å². The van der Waals surface area contributed by atoms with Crippen LogP contribution in [0.25, 0.3) is 11.1 Å². The highest BCUT2D eigenvalue weighted by molar-refractivity contribution is 5.79. The minimum absolute atomic E-state index is 0.208. The number of β-amino-alcohol motifs (C(OH)–C–C–N with tert-alkyl or cyclic N) is 1. The summed E-state index contributed by atoms with van der Waals surface area (Å²) in [7, 11) is 1.68. The molecule has 7 nitrogen and oxygen atoms in total. The number of benzene rings is 2. The van der Waals surface area contributed by atoms with Gasteiger partial charge in [0.1, 0.15) is 18.5 Å². The molecule has 2 aromatic carbocycles. The summed E-state index contributed by atoms with van der Waals surface area (Å²) in [6.45, 7) is 4.38. The van der Waals surface area contributed by atoms with E-state index < -0.39 is 6.10 Å². The van der Waals surface area contributed by atoms with E-state index in [1.807, 2.05) is 12.1 Å². The average molecular weight is 421 g/mol. The molecule has 0 amide bonds. The number of aliphatic hydroxyl groups is 1. The minimum Gasteiger partial charge on any atom is -0.497 e. The zero-order chi connectivity index (χ0) is 21.5. The number of anilines is 1. The molecular formula is C24H28N4O3. The zero-order valence-electron chi connectivity index (χ0n) is 17.7. The number of ether oxygens (including phenoxy) is 2. The average Bonchev–Trinajstić information content (AvgIpc) is 2.84. The smallest absolute Gasteiger partial charge is 0.232 e. The van der Waals surface area contributed by atoms with Crippen molar-refractivity contribution in [3.8, 4) is 22.8 Å². The topological polar surface area (TPSA) is 71.0 Å². The van der Waals surface area contributed by atoms with Gasteiger partial charge in [0, 0.05) is 56.4 Å². The van der Waals surface area contributed by atoms with Crippen LogP contribution >= 0.6 is 0 Å². The van der Waals surface area contributed by atoms with E-state index in [4.69, 9.17) is 9.47 Å². The largest absolute Gasteiger partial charge is 0.497 e. The number of nitrogens with zero attached hydrogens (tertiary/aromatic N) is 4. The van der Waals surface area contributed by atoms with Gasteiger partial charge in [0.25, 0.3) is 0 Å². The lowest BCUT2D eigenvalue weighted by molar-refractivity contribution is 0.0645. The third kappa shape index (κ3) is 5.51. The molecule has 31 heavy (non-hydrogen) atoms. The maximum Gasteiger partial charge on any atom is 0.232 e. The lowest BCUT2D eigenvalue weighted by Gasteiger charge is -2.37. The monoisotopic (exact) mass is 420 g/mol. The summed E-state index contributed by atoms with van der Waals surface area (Å²) in [6, 6.07) is 16.7. The Labute approximate surface area is 182 Å². The molecule has 3 aromatic rings. The van der Waals surface area contributed by atoms with Crippen LogP contribution in [0.2, 0.25) is 0 Å². The Balaban J connectivity index is 1.32. The van der Waals surface area contributed by atoms with E-state index in [-0.39, 0.29) is 6.61 Å². The van der Waals surface area contributed by atoms with Crippen LogP contribution in [0.4, 0.5) is 5.69 Å². The van der Waals surface area contributed by atoms with Crippen LogP contribution in [0.1, 0.15) is 0 Å². The van der Waals surface area contributed by atoms with E-state index in [2.05, 4.69) is 56.2 Å². The SMILES string of the molecule is COc1ccc(-c2ccccc2N2CCN(C[C@@H](O)COc3cnccn3)CC2)cc1. The second kappa shape index (κ2) is 10.2. The first kappa shape index (κ1) is 21.1. The van der Waals surface area contributed by atoms with Gasteiger partial charge >= 0.3 is 0 Å². The molecule has 1 saturated heterocycles. The Morgan fingerprint density at radius 2 is 1.77 bits per heavy atom. The zero-order valence-corrected chi connectivity index (χ0v) is 17.7. The lowest BCUT2D eigenvalue weighted by Crippen LogP contribution is -2.49. The fraction of sp³-hybridized carbons (Fsp3) is 0.333. The summed E-state index contributed by atoms with van der Waals surface area (Å²) in [4.78, 5) is 12.7. The standard InChI is InChI=1S/C24H28N4O3/c1-30-21-8-6-19(7-9-21)22-4-2-3-5-23(22)28-14-12-27(13-15-28)17-20(29)18-31-24-16-25-10-11-26-24/h2-11,16,20,29H,12-15,17-18H2,1H3/t20-/m1/s1. The Bertz CT molecular complexity index is 945. The summed E-state index contributed by atoms with van der Waals surface area (Å²) in [5.74, 6) is 1.29. The molecule has 0 unspecified atom stereocenters. The van der Waals surface area contributed by atoms with Crippen LogP contribution in [-0.4, -0.2) is 72.5 Å². The summed E-state index contributed by atoms with van der Waals surface area (Å²) >= 11 is 0. The molecule has 0 saturated carbocycles. The second-order valence-corrected chi connectivity index (χ2v) is 7.54. The van der Waals surface area contributed by atoms with Gasteiger partial charge in [-0.15, -0.1) is 0 Å².